The summed E-state index contributed by atoms with van der Waals surface area (Å²) in [5.74, 6) is 0.0925. The number of carbonyl (C=O) groups is 3. The molecular formula is C22H19NO4. The topological polar surface area (TPSA) is 63.7 Å². The maximum atomic E-state index is 12.4. The predicted octanol–water partition coefficient (Wildman–Crippen LogP) is 3.15. The van der Waals surface area contributed by atoms with Crippen LogP contribution >= 0.6 is 0 Å². The van der Waals surface area contributed by atoms with Crippen LogP contribution in [0.25, 0.3) is 6.08 Å². The Balaban J connectivity index is 1.44. The molecule has 0 bridgehead atoms. The minimum Gasteiger partial charge on any atom is -0.484 e. The number of ketones is 2. The zero-order chi connectivity index (χ0) is 18.8. The van der Waals surface area contributed by atoms with Gasteiger partial charge in [-0.1, -0.05) is 36.4 Å². The third kappa shape index (κ3) is 3.40. The van der Waals surface area contributed by atoms with Gasteiger partial charge in [0.1, 0.15) is 5.75 Å². The standard InChI is InChI=1S/C22H19NO4/c24-20(23-11-3-4-12-23)14-27-16-9-7-15(8-10-16)13-19-21(25)17-5-1-2-6-18(17)22(19)26/h1-2,5-10,13H,3-4,11-12,14H2. The minimum atomic E-state index is -0.243. The number of benzene rings is 2. The van der Waals surface area contributed by atoms with Crippen LogP contribution in [0.1, 0.15) is 39.1 Å². The van der Waals surface area contributed by atoms with Crippen molar-refractivity contribution in [3.8, 4) is 5.75 Å². The van der Waals surface area contributed by atoms with E-state index in [0.29, 0.717) is 16.9 Å². The van der Waals surface area contributed by atoms with Gasteiger partial charge in [0, 0.05) is 24.2 Å². The second-order valence-electron chi connectivity index (χ2n) is 6.71. The van der Waals surface area contributed by atoms with Crippen LogP contribution in [-0.4, -0.2) is 42.1 Å². The van der Waals surface area contributed by atoms with Crippen molar-refractivity contribution >= 4 is 23.5 Å². The second-order valence-corrected chi connectivity index (χ2v) is 6.71. The Labute approximate surface area is 157 Å². The van der Waals surface area contributed by atoms with Gasteiger partial charge in [-0.3, -0.25) is 14.4 Å². The number of fused-ring (bicyclic) bond motifs is 1. The smallest absolute Gasteiger partial charge is 0.260 e. The van der Waals surface area contributed by atoms with Crippen molar-refractivity contribution in [1.29, 1.82) is 0 Å². The Hall–Kier alpha value is -3.21. The van der Waals surface area contributed by atoms with E-state index in [0.717, 1.165) is 31.5 Å². The van der Waals surface area contributed by atoms with Crippen molar-refractivity contribution in [3.05, 3.63) is 70.8 Å². The number of hydrogen-bond acceptors (Lipinski definition) is 4. The van der Waals surface area contributed by atoms with Gasteiger partial charge in [-0.05, 0) is 36.6 Å². The van der Waals surface area contributed by atoms with Gasteiger partial charge in [0.25, 0.3) is 5.91 Å². The number of ether oxygens (including phenoxy) is 1. The van der Waals surface area contributed by atoms with Crippen LogP contribution in [0.2, 0.25) is 0 Å². The molecule has 0 spiro atoms. The fraction of sp³-hybridized carbons (Fsp3) is 0.227. The van der Waals surface area contributed by atoms with E-state index < -0.39 is 0 Å². The third-order valence-corrected chi connectivity index (χ3v) is 4.92. The fourth-order valence-electron chi connectivity index (χ4n) is 3.43. The molecule has 0 N–H and O–H groups in total. The molecule has 0 saturated carbocycles. The molecule has 0 radical (unpaired) electrons. The van der Waals surface area contributed by atoms with Gasteiger partial charge in [0.05, 0.1) is 5.57 Å². The molecule has 0 unspecified atom stereocenters. The summed E-state index contributed by atoms with van der Waals surface area (Å²) in [7, 11) is 0. The maximum Gasteiger partial charge on any atom is 0.260 e. The van der Waals surface area contributed by atoms with E-state index >= 15 is 0 Å². The summed E-state index contributed by atoms with van der Waals surface area (Å²) in [5.41, 5.74) is 1.81. The lowest BCUT2D eigenvalue weighted by Crippen LogP contribution is -2.32. The Morgan fingerprint density at radius 3 is 2.11 bits per heavy atom. The Kier molecular flexibility index (Phi) is 4.59. The van der Waals surface area contributed by atoms with Crippen LogP contribution in [0, 0.1) is 0 Å². The first-order valence-corrected chi connectivity index (χ1v) is 9.04. The molecule has 27 heavy (non-hydrogen) atoms. The molecule has 1 heterocycles. The molecule has 1 saturated heterocycles. The van der Waals surface area contributed by atoms with E-state index in [9.17, 15) is 14.4 Å². The average Bonchev–Trinajstić information content (AvgIpc) is 3.32. The lowest BCUT2D eigenvalue weighted by molar-refractivity contribution is -0.132. The van der Waals surface area contributed by atoms with Crippen LogP contribution in [0.3, 0.4) is 0 Å². The molecule has 1 amide bonds. The highest BCUT2D eigenvalue weighted by Gasteiger charge is 2.32. The number of allylic oxidation sites excluding steroid dienone is 1. The van der Waals surface area contributed by atoms with Crippen LogP contribution in [0.5, 0.6) is 5.75 Å². The second kappa shape index (κ2) is 7.19. The first kappa shape index (κ1) is 17.2. The Morgan fingerprint density at radius 2 is 1.52 bits per heavy atom. The molecule has 1 aliphatic heterocycles. The van der Waals surface area contributed by atoms with E-state index in [1.807, 2.05) is 4.90 Å². The summed E-state index contributed by atoms with van der Waals surface area (Å²) >= 11 is 0. The quantitative estimate of drug-likeness (QED) is 0.620. The molecule has 1 fully saturated rings. The van der Waals surface area contributed by atoms with Gasteiger partial charge in [-0.2, -0.15) is 0 Å². The van der Waals surface area contributed by atoms with Gasteiger partial charge in [-0.25, -0.2) is 0 Å². The molecule has 2 aromatic rings. The number of hydrogen-bond donors (Lipinski definition) is 0. The molecule has 4 rings (SSSR count). The van der Waals surface area contributed by atoms with E-state index in [1.54, 1.807) is 54.6 Å². The highest BCUT2D eigenvalue weighted by atomic mass is 16.5. The summed E-state index contributed by atoms with van der Waals surface area (Å²) in [6.07, 6.45) is 3.71. The number of nitrogens with zero attached hydrogens (tertiary/aromatic N) is 1. The molecule has 1 aliphatic carbocycles. The normalized spacial score (nSPS) is 15.9. The van der Waals surface area contributed by atoms with Crippen LogP contribution in [-0.2, 0) is 4.79 Å². The van der Waals surface area contributed by atoms with Gasteiger partial charge in [-0.15, -0.1) is 0 Å². The lowest BCUT2D eigenvalue weighted by atomic mass is 10.1. The van der Waals surface area contributed by atoms with Crippen molar-refractivity contribution in [2.45, 2.75) is 12.8 Å². The first-order chi connectivity index (χ1) is 13.1. The van der Waals surface area contributed by atoms with Crippen LogP contribution < -0.4 is 4.74 Å². The Morgan fingerprint density at radius 1 is 0.926 bits per heavy atom. The van der Waals surface area contributed by atoms with Crippen molar-refractivity contribution in [3.63, 3.8) is 0 Å². The first-order valence-electron chi connectivity index (χ1n) is 9.04. The summed E-state index contributed by atoms with van der Waals surface area (Å²) in [5, 5.41) is 0. The molecule has 0 atom stereocenters. The highest BCUT2D eigenvalue weighted by Crippen LogP contribution is 2.28. The van der Waals surface area contributed by atoms with E-state index in [2.05, 4.69) is 0 Å². The Bertz CT molecular complexity index is 900. The van der Waals surface area contributed by atoms with Crippen molar-refractivity contribution < 1.29 is 19.1 Å². The minimum absolute atomic E-state index is 0.00129. The third-order valence-electron chi connectivity index (χ3n) is 4.92. The largest absolute Gasteiger partial charge is 0.484 e. The zero-order valence-electron chi connectivity index (χ0n) is 14.8. The monoisotopic (exact) mass is 361 g/mol. The molecule has 2 aromatic carbocycles. The molecule has 136 valence electrons. The summed E-state index contributed by atoms with van der Waals surface area (Å²) in [6, 6.07) is 13.9. The van der Waals surface area contributed by atoms with Crippen molar-refractivity contribution in [2.75, 3.05) is 19.7 Å². The maximum absolute atomic E-state index is 12.4. The molecular weight excluding hydrogens is 342 g/mol. The molecule has 5 heteroatoms. The van der Waals surface area contributed by atoms with E-state index in [4.69, 9.17) is 4.74 Å². The summed E-state index contributed by atoms with van der Waals surface area (Å²) < 4.78 is 5.55. The molecule has 2 aliphatic rings. The predicted molar refractivity (Wildman–Crippen MR) is 101 cm³/mol. The summed E-state index contributed by atoms with van der Waals surface area (Å²) in [4.78, 5) is 38.7. The molecule has 0 aromatic heterocycles. The summed E-state index contributed by atoms with van der Waals surface area (Å²) in [6.45, 7) is 1.63. The number of Topliss-reactive ketones (excluding diaryl/α,β-unsaturated/α-hetero) is 2. The van der Waals surface area contributed by atoms with Gasteiger partial charge in [0.15, 0.2) is 18.2 Å². The number of amides is 1. The van der Waals surface area contributed by atoms with Crippen LogP contribution in [0.4, 0.5) is 0 Å². The highest BCUT2D eigenvalue weighted by molar-refractivity contribution is 6.41. The lowest BCUT2D eigenvalue weighted by Gasteiger charge is -2.15. The van der Waals surface area contributed by atoms with Gasteiger partial charge < -0.3 is 9.64 Å². The van der Waals surface area contributed by atoms with Crippen molar-refractivity contribution in [2.24, 2.45) is 0 Å². The molecule has 5 nitrogen and oxygen atoms in total. The average molecular weight is 361 g/mol. The van der Waals surface area contributed by atoms with Gasteiger partial charge >= 0.3 is 0 Å². The SMILES string of the molecule is O=C1C(=Cc2ccc(OCC(=O)N3CCCC3)cc2)C(=O)c2ccccc21. The van der Waals surface area contributed by atoms with Crippen LogP contribution in [0.15, 0.2) is 54.1 Å². The van der Waals surface area contributed by atoms with Crippen molar-refractivity contribution in [1.82, 2.24) is 4.90 Å². The zero-order valence-corrected chi connectivity index (χ0v) is 14.8. The number of rotatable bonds is 4. The number of carbonyl (C=O) groups excluding carboxylic acids is 3. The van der Waals surface area contributed by atoms with E-state index in [-0.39, 0.29) is 29.7 Å². The van der Waals surface area contributed by atoms with Gasteiger partial charge in [0.2, 0.25) is 0 Å². The fourth-order valence-corrected chi connectivity index (χ4v) is 3.43. The number of likely N-dealkylation sites (tertiary alicyclic amines) is 1. The van der Waals surface area contributed by atoms with E-state index in [1.165, 1.54) is 0 Å².